The summed E-state index contributed by atoms with van der Waals surface area (Å²) in [5.74, 6) is -0.254. The molecule has 1 aliphatic rings. The predicted octanol–water partition coefficient (Wildman–Crippen LogP) is 5.01. The Kier molecular flexibility index (Phi) is 8.08. The lowest BCUT2D eigenvalue weighted by atomic mass is 9.99. The molecule has 1 heterocycles. The van der Waals surface area contributed by atoms with E-state index in [1.165, 1.54) is 12.1 Å². The maximum absolute atomic E-state index is 14.5. The molecule has 1 unspecified atom stereocenters. The van der Waals surface area contributed by atoms with Crippen LogP contribution < -0.4 is 15.4 Å². The summed E-state index contributed by atoms with van der Waals surface area (Å²) in [4.78, 5) is 14.7. The first kappa shape index (κ1) is 22.1. The second-order valence-corrected chi connectivity index (χ2v) is 8.04. The van der Waals surface area contributed by atoms with Gasteiger partial charge in [-0.3, -0.25) is 4.79 Å². The molecular weight excluding hydrogens is 381 g/mol. The number of carbonyl (C=O) groups excluding carboxylic acids is 1. The quantitative estimate of drug-likeness (QED) is 0.568. The van der Waals surface area contributed by atoms with Gasteiger partial charge in [0, 0.05) is 35.9 Å². The Bertz CT molecular complexity index is 826. The third kappa shape index (κ3) is 6.46. The van der Waals surface area contributed by atoms with E-state index in [9.17, 15) is 9.18 Å². The van der Waals surface area contributed by atoms with Crippen LogP contribution in [0.25, 0.3) is 0 Å². The number of hydrogen-bond acceptors (Lipinski definition) is 4. The van der Waals surface area contributed by atoms with Gasteiger partial charge in [0.1, 0.15) is 0 Å². The van der Waals surface area contributed by atoms with E-state index in [4.69, 9.17) is 4.74 Å². The van der Waals surface area contributed by atoms with Gasteiger partial charge in [0.05, 0.1) is 6.61 Å². The molecule has 2 aromatic carbocycles. The SMILES string of the molecule is CCCCNc1ccc(NC(=O)c2ccc(OCC3CCCN(C)C3)c(F)c2)cc1. The fraction of sp³-hybridized carbons (Fsp3) is 0.458. The molecule has 5 nitrogen and oxygen atoms in total. The van der Waals surface area contributed by atoms with E-state index in [1.807, 2.05) is 24.3 Å². The van der Waals surface area contributed by atoms with Crippen molar-refractivity contribution in [2.45, 2.75) is 32.6 Å². The molecule has 0 spiro atoms. The number of anilines is 2. The summed E-state index contributed by atoms with van der Waals surface area (Å²) in [6, 6.07) is 11.9. The van der Waals surface area contributed by atoms with Crippen LogP contribution in [-0.4, -0.2) is 44.1 Å². The highest BCUT2D eigenvalue weighted by atomic mass is 19.1. The molecule has 2 N–H and O–H groups in total. The topological polar surface area (TPSA) is 53.6 Å². The Labute approximate surface area is 178 Å². The van der Waals surface area contributed by atoms with Gasteiger partial charge in [-0.2, -0.15) is 0 Å². The van der Waals surface area contributed by atoms with Crippen LogP contribution in [0, 0.1) is 11.7 Å². The highest BCUT2D eigenvalue weighted by Crippen LogP contribution is 2.22. The average molecular weight is 414 g/mol. The summed E-state index contributed by atoms with van der Waals surface area (Å²) in [5.41, 5.74) is 1.95. The molecule has 1 amide bonds. The lowest BCUT2D eigenvalue weighted by Crippen LogP contribution is -2.34. The fourth-order valence-corrected chi connectivity index (χ4v) is 3.66. The number of piperidine rings is 1. The van der Waals surface area contributed by atoms with Gasteiger partial charge in [0.15, 0.2) is 11.6 Å². The Morgan fingerprint density at radius 3 is 2.67 bits per heavy atom. The lowest BCUT2D eigenvalue weighted by Gasteiger charge is -2.29. The van der Waals surface area contributed by atoms with Gasteiger partial charge in [-0.15, -0.1) is 0 Å². The monoisotopic (exact) mass is 413 g/mol. The molecular formula is C24H32FN3O2. The zero-order valence-electron chi connectivity index (χ0n) is 17.9. The van der Waals surface area contributed by atoms with Gasteiger partial charge in [-0.05, 0) is 75.3 Å². The number of likely N-dealkylation sites (tertiary alicyclic amines) is 1. The molecule has 0 saturated carbocycles. The molecule has 1 saturated heterocycles. The molecule has 2 aromatic rings. The number of nitrogens with zero attached hydrogens (tertiary/aromatic N) is 1. The number of unbranched alkanes of at least 4 members (excludes halogenated alkanes) is 1. The Balaban J connectivity index is 1.53. The first-order valence-corrected chi connectivity index (χ1v) is 10.8. The normalized spacial score (nSPS) is 16.8. The molecule has 3 rings (SSSR count). The van der Waals surface area contributed by atoms with Gasteiger partial charge in [-0.1, -0.05) is 13.3 Å². The number of benzene rings is 2. The average Bonchev–Trinajstić information content (AvgIpc) is 2.74. The van der Waals surface area contributed by atoms with Crippen LogP contribution in [0.15, 0.2) is 42.5 Å². The highest BCUT2D eigenvalue weighted by molar-refractivity contribution is 6.04. The van der Waals surface area contributed by atoms with Crippen molar-refractivity contribution >= 4 is 17.3 Å². The number of amides is 1. The number of hydrogen-bond donors (Lipinski definition) is 2. The maximum Gasteiger partial charge on any atom is 0.255 e. The number of nitrogens with one attached hydrogen (secondary N) is 2. The largest absolute Gasteiger partial charge is 0.490 e. The lowest BCUT2D eigenvalue weighted by molar-refractivity contribution is 0.102. The fourth-order valence-electron chi connectivity index (χ4n) is 3.66. The van der Waals surface area contributed by atoms with Crippen molar-refractivity contribution < 1.29 is 13.9 Å². The van der Waals surface area contributed by atoms with Crippen LogP contribution in [-0.2, 0) is 0 Å². The zero-order valence-corrected chi connectivity index (χ0v) is 17.9. The minimum atomic E-state index is -0.512. The van der Waals surface area contributed by atoms with Crippen molar-refractivity contribution in [1.29, 1.82) is 0 Å². The maximum atomic E-state index is 14.5. The number of rotatable bonds is 9. The van der Waals surface area contributed by atoms with Crippen molar-refractivity contribution in [2.75, 3.05) is 43.9 Å². The summed E-state index contributed by atoms with van der Waals surface area (Å²) in [7, 11) is 2.09. The molecule has 0 bridgehead atoms. The van der Waals surface area contributed by atoms with E-state index in [-0.39, 0.29) is 17.2 Å². The molecule has 1 atom stereocenters. The summed E-state index contributed by atoms with van der Waals surface area (Å²) in [5, 5.41) is 6.14. The van der Waals surface area contributed by atoms with Crippen molar-refractivity contribution in [3.05, 3.63) is 53.8 Å². The van der Waals surface area contributed by atoms with Crippen LogP contribution >= 0.6 is 0 Å². The summed E-state index contributed by atoms with van der Waals surface area (Å²) >= 11 is 0. The van der Waals surface area contributed by atoms with Crippen molar-refractivity contribution in [3.8, 4) is 5.75 Å². The molecule has 1 aliphatic heterocycles. The van der Waals surface area contributed by atoms with Crippen LogP contribution in [0.1, 0.15) is 43.0 Å². The smallest absolute Gasteiger partial charge is 0.255 e. The van der Waals surface area contributed by atoms with E-state index in [1.54, 1.807) is 6.07 Å². The summed E-state index contributed by atoms with van der Waals surface area (Å²) < 4.78 is 20.1. The third-order valence-electron chi connectivity index (χ3n) is 5.39. The first-order chi connectivity index (χ1) is 14.5. The van der Waals surface area contributed by atoms with E-state index >= 15 is 0 Å². The predicted molar refractivity (Wildman–Crippen MR) is 120 cm³/mol. The van der Waals surface area contributed by atoms with E-state index < -0.39 is 5.82 Å². The van der Waals surface area contributed by atoms with Crippen LogP contribution in [0.2, 0.25) is 0 Å². The van der Waals surface area contributed by atoms with E-state index in [0.717, 1.165) is 51.0 Å². The van der Waals surface area contributed by atoms with Gasteiger partial charge < -0.3 is 20.3 Å². The number of ether oxygens (including phenoxy) is 1. The molecule has 30 heavy (non-hydrogen) atoms. The van der Waals surface area contributed by atoms with Crippen molar-refractivity contribution in [1.82, 2.24) is 4.90 Å². The highest BCUT2D eigenvalue weighted by Gasteiger charge is 2.19. The van der Waals surface area contributed by atoms with E-state index in [0.29, 0.717) is 18.2 Å². The minimum absolute atomic E-state index is 0.197. The number of halogens is 1. The minimum Gasteiger partial charge on any atom is -0.490 e. The zero-order chi connectivity index (χ0) is 21.3. The second kappa shape index (κ2) is 11.0. The molecule has 162 valence electrons. The summed E-state index contributed by atoms with van der Waals surface area (Å²) in [6.45, 7) is 5.64. The van der Waals surface area contributed by atoms with Gasteiger partial charge in [0.25, 0.3) is 5.91 Å². The van der Waals surface area contributed by atoms with Gasteiger partial charge in [-0.25, -0.2) is 4.39 Å². The summed E-state index contributed by atoms with van der Waals surface area (Å²) in [6.07, 6.45) is 4.49. The standard InChI is InChI=1S/C24H32FN3O2/c1-3-4-13-26-20-8-10-21(11-9-20)27-24(29)19-7-12-23(22(25)15-19)30-17-18-6-5-14-28(2)16-18/h7-12,15,18,26H,3-6,13-14,16-17H2,1-2H3,(H,27,29). The van der Waals surface area contributed by atoms with E-state index in [2.05, 4.69) is 29.5 Å². The molecule has 1 fully saturated rings. The van der Waals surface area contributed by atoms with Gasteiger partial charge >= 0.3 is 0 Å². The molecule has 0 radical (unpaired) electrons. The third-order valence-corrected chi connectivity index (χ3v) is 5.39. The van der Waals surface area contributed by atoms with Crippen molar-refractivity contribution in [2.24, 2.45) is 5.92 Å². The Morgan fingerprint density at radius 2 is 1.97 bits per heavy atom. The molecule has 6 heteroatoms. The first-order valence-electron chi connectivity index (χ1n) is 10.8. The Morgan fingerprint density at radius 1 is 1.20 bits per heavy atom. The molecule has 0 aromatic heterocycles. The van der Waals surface area contributed by atoms with Crippen LogP contribution in [0.4, 0.5) is 15.8 Å². The Hall–Kier alpha value is -2.60. The molecule has 0 aliphatic carbocycles. The van der Waals surface area contributed by atoms with Crippen LogP contribution in [0.3, 0.4) is 0 Å². The van der Waals surface area contributed by atoms with Crippen LogP contribution in [0.5, 0.6) is 5.75 Å². The second-order valence-electron chi connectivity index (χ2n) is 8.04. The van der Waals surface area contributed by atoms with Gasteiger partial charge in [0.2, 0.25) is 0 Å². The number of carbonyl (C=O) groups is 1. The van der Waals surface area contributed by atoms with Crippen molar-refractivity contribution in [3.63, 3.8) is 0 Å².